The number of rotatable bonds is 5. The number of ether oxygens (including phenoxy) is 1. The molecule has 0 amide bonds. The number of para-hydroxylation sites is 1. The summed E-state index contributed by atoms with van der Waals surface area (Å²) in [5.41, 5.74) is 0. The van der Waals surface area contributed by atoms with Crippen LogP contribution in [0.15, 0.2) is 30.3 Å². The Hall–Kier alpha value is -0.960. The fourth-order valence-corrected chi connectivity index (χ4v) is 1.54. The summed E-state index contributed by atoms with van der Waals surface area (Å²) in [6.45, 7) is 1.02. The Morgan fingerprint density at radius 3 is 2.79 bits per heavy atom. The van der Waals surface area contributed by atoms with Crippen molar-refractivity contribution in [3.63, 3.8) is 0 Å². The van der Waals surface area contributed by atoms with E-state index in [0.29, 0.717) is 19.0 Å². The van der Waals surface area contributed by atoms with Gasteiger partial charge in [-0.1, -0.05) is 18.2 Å². The second-order valence-electron chi connectivity index (χ2n) is 2.88. The summed E-state index contributed by atoms with van der Waals surface area (Å²) < 4.78 is 26.0. The summed E-state index contributed by atoms with van der Waals surface area (Å²) in [5.74, 6) is 0.547. The van der Waals surface area contributed by atoms with Crippen LogP contribution in [-0.2, 0) is 13.8 Å². The van der Waals surface area contributed by atoms with Gasteiger partial charge in [-0.2, -0.15) is 0 Å². The molecule has 0 aromatic heterocycles. The Morgan fingerprint density at radius 2 is 2.14 bits per heavy atom. The zero-order valence-corrected chi connectivity index (χ0v) is 8.35. The fraction of sp³-hybridized carbons (Fsp3) is 0.333. The molecule has 0 bridgehead atoms. The molecule has 2 unspecified atom stereocenters. The molecule has 4 nitrogen and oxygen atoms in total. The summed E-state index contributed by atoms with van der Waals surface area (Å²) in [7, 11) is -2.08. The first-order valence-electron chi connectivity index (χ1n) is 4.29. The van der Waals surface area contributed by atoms with Gasteiger partial charge in [0.1, 0.15) is 12.7 Å². The summed E-state index contributed by atoms with van der Waals surface area (Å²) in [6.07, 6.45) is 0.105. The van der Waals surface area contributed by atoms with E-state index >= 15 is 0 Å². The molecule has 1 saturated heterocycles. The molecule has 0 aliphatic carbocycles. The van der Waals surface area contributed by atoms with Gasteiger partial charge in [-0.3, -0.25) is 0 Å². The molecule has 1 aliphatic heterocycles. The van der Waals surface area contributed by atoms with Crippen molar-refractivity contribution < 1.29 is 18.3 Å². The van der Waals surface area contributed by atoms with Gasteiger partial charge in [-0.15, -0.1) is 4.52 Å². The van der Waals surface area contributed by atoms with E-state index < -0.39 is 8.25 Å². The lowest BCUT2D eigenvalue weighted by molar-refractivity contribution is 0.247. The smallest absolute Gasteiger partial charge is 0.370 e. The van der Waals surface area contributed by atoms with Gasteiger partial charge >= 0.3 is 8.25 Å². The van der Waals surface area contributed by atoms with Crippen LogP contribution in [0.1, 0.15) is 0 Å². The molecule has 1 heterocycles. The highest BCUT2D eigenvalue weighted by atomic mass is 31.1. The van der Waals surface area contributed by atoms with Crippen molar-refractivity contribution in [3.05, 3.63) is 30.3 Å². The minimum absolute atomic E-state index is 0.105. The SMILES string of the molecule is O=[P+](OCC1CO1)Oc1ccccc1. The molecule has 1 aliphatic rings. The molecule has 2 atom stereocenters. The number of hydrogen-bond donors (Lipinski definition) is 0. The Morgan fingerprint density at radius 1 is 1.43 bits per heavy atom. The van der Waals surface area contributed by atoms with Crippen LogP contribution in [0.25, 0.3) is 0 Å². The molecule has 74 valence electrons. The maximum Gasteiger partial charge on any atom is 0.750 e. The summed E-state index contributed by atoms with van der Waals surface area (Å²) in [4.78, 5) is 0. The fourth-order valence-electron chi connectivity index (χ4n) is 0.902. The van der Waals surface area contributed by atoms with Crippen LogP contribution in [0.3, 0.4) is 0 Å². The molecule has 1 aromatic rings. The van der Waals surface area contributed by atoms with Gasteiger partial charge < -0.3 is 4.74 Å². The number of hydrogen-bond acceptors (Lipinski definition) is 4. The van der Waals surface area contributed by atoms with Crippen molar-refractivity contribution in [1.29, 1.82) is 0 Å². The van der Waals surface area contributed by atoms with E-state index in [0.717, 1.165) is 0 Å². The zero-order valence-electron chi connectivity index (χ0n) is 7.46. The Labute approximate surface area is 82.7 Å². The quantitative estimate of drug-likeness (QED) is 0.555. The van der Waals surface area contributed by atoms with Gasteiger partial charge in [0.05, 0.1) is 6.61 Å². The van der Waals surface area contributed by atoms with Gasteiger partial charge in [0.2, 0.25) is 0 Å². The molecular formula is C9H10O4P+. The molecule has 1 aromatic carbocycles. The lowest BCUT2D eigenvalue weighted by Gasteiger charge is -1.90. The van der Waals surface area contributed by atoms with Crippen LogP contribution in [0.4, 0.5) is 0 Å². The van der Waals surface area contributed by atoms with E-state index in [1.807, 2.05) is 18.2 Å². The first kappa shape index (κ1) is 9.59. The Balaban J connectivity index is 1.76. The first-order valence-corrected chi connectivity index (χ1v) is 5.39. The van der Waals surface area contributed by atoms with Gasteiger partial charge in [-0.25, -0.2) is 4.52 Å². The van der Waals surface area contributed by atoms with E-state index in [1.165, 1.54) is 0 Å². The third-order valence-corrected chi connectivity index (χ3v) is 2.41. The third-order valence-electron chi connectivity index (χ3n) is 1.69. The molecule has 0 saturated carbocycles. The minimum atomic E-state index is -2.08. The van der Waals surface area contributed by atoms with Gasteiger partial charge in [0.15, 0.2) is 5.75 Å². The highest BCUT2D eigenvalue weighted by Gasteiger charge is 2.30. The van der Waals surface area contributed by atoms with Crippen molar-refractivity contribution in [1.82, 2.24) is 0 Å². The van der Waals surface area contributed by atoms with E-state index in [1.54, 1.807) is 12.1 Å². The van der Waals surface area contributed by atoms with Crippen molar-refractivity contribution in [2.75, 3.05) is 13.2 Å². The highest BCUT2D eigenvalue weighted by molar-refractivity contribution is 7.33. The topological polar surface area (TPSA) is 48.1 Å². The molecule has 0 spiro atoms. The van der Waals surface area contributed by atoms with Crippen LogP contribution in [-0.4, -0.2) is 19.3 Å². The highest BCUT2D eigenvalue weighted by Crippen LogP contribution is 2.28. The summed E-state index contributed by atoms with van der Waals surface area (Å²) in [5, 5.41) is 0. The molecule has 14 heavy (non-hydrogen) atoms. The van der Waals surface area contributed by atoms with Crippen LogP contribution in [0.2, 0.25) is 0 Å². The van der Waals surface area contributed by atoms with Crippen molar-refractivity contribution in [2.45, 2.75) is 6.10 Å². The largest absolute Gasteiger partial charge is 0.750 e. The standard InChI is InChI=1S/C9H10O4P/c10-14(12-7-9-6-11-9)13-8-4-2-1-3-5-8/h1-5,9H,6-7H2/q+1. The van der Waals surface area contributed by atoms with E-state index in [9.17, 15) is 4.57 Å². The zero-order chi connectivity index (χ0) is 9.80. The van der Waals surface area contributed by atoms with E-state index in [2.05, 4.69) is 0 Å². The number of epoxide rings is 1. The first-order chi connectivity index (χ1) is 6.84. The van der Waals surface area contributed by atoms with Gasteiger partial charge in [-0.05, 0) is 12.1 Å². The van der Waals surface area contributed by atoms with Gasteiger partial charge in [0.25, 0.3) is 0 Å². The van der Waals surface area contributed by atoms with Crippen LogP contribution >= 0.6 is 8.25 Å². The van der Waals surface area contributed by atoms with Crippen LogP contribution < -0.4 is 4.52 Å². The maximum atomic E-state index is 11.2. The van der Waals surface area contributed by atoms with Crippen LogP contribution in [0, 0.1) is 0 Å². The molecule has 1 fully saturated rings. The lowest BCUT2D eigenvalue weighted by atomic mass is 10.3. The second-order valence-corrected chi connectivity index (χ2v) is 3.77. The maximum absolute atomic E-state index is 11.2. The minimum Gasteiger partial charge on any atom is -0.370 e. The molecule has 2 rings (SSSR count). The predicted octanol–water partition coefficient (Wildman–Crippen LogP) is 2.14. The Kier molecular flexibility index (Phi) is 3.09. The normalized spacial score (nSPS) is 20.3. The molecule has 5 heteroatoms. The van der Waals surface area contributed by atoms with Gasteiger partial charge in [0, 0.05) is 4.57 Å². The van der Waals surface area contributed by atoms with Crippen LogP contribution in [0.5, 0.6) is 5.75 Å². The second kappa shape index (κ2) is 4.51. The van der Waals surface area contributed by atoms with Crippen molar-refractivity contribution in [2.24, 2.45) is 0 Å². The summed E-state index contributed by atoms with van der Waals surface area (Å²) in [6, 6.07) is 8.93. The number of benzene rings is 1. The molecular weight excluding hydrogens is 203 g/mol. The summed E-state index contributed by atoms with van der Waals surface area (Å²) >= 11 is 0. The molecule has 0 N–H and O–H groups in total. The lowest BCUT2D eigenvalue weighted by Crippen LogP contribution is -1.96. The van der Waals surface area contributed by atoms with Crippen molar-refractivity contribution in [3.8, 4) is 5.75 Å². The average Bonchev–Trinajstić information content (AvgIpc) is 3.00. The van der Waals surface area contributed by atoms with Crippen molar-refractivity contribution >= 4 is 8.25 Å². The van der Waals surface area contributed by atoms with E-state index in [4.69, 9.17) is 13.8 Å². The monoisotopic (exact) mass is 213 g/mol. The predicted molar refractivity (Wildman–Crippen MR) is 50.4 cm³/mol. The Bertz CT molecular complexity index is 310. The third kappa shape index (κ3) is 3.07. The molecule has 0 radical (unpaired) electrons. The average molecular weight is 213 g/mol. The van der Waals surface area contributed by atoms with E-state index in [-0.39, 0.29) is 6.10 Å².